The van der Waals surface area contributed by atoms with Crippen molar-refractivity contribution in [1.82, 2.24) is 0 Å². The van der Waals surface area contributed by atoms with Gasteiger partial charge in [-0.2, -0.15) is 0 Å². The van der Waals surface area contributed by atoms with Crippen molar-refractivity contribution in [1.29, 1.82) is 0 Å². The maximum absolute atomic E-state index is 9.92. The zero-order chi connectivity index (χ0) is 13.8. The van der Waals surface area contributed by atoms with Gasteiger partial charge in [0.25, 0.3) is 0 Å². The number of allylic oxidation sites excluding steroid dienone is 2. The zero-order valence-corrected chi connectivity index (χ0v) is 10.8. The van der Waals surface area contributed by atoms with Crippen LogP contribution in [0, 0.1) is 5.92 Å². The Hall–Kier alpha value is -0.855. The highest BCUT2D eigenvalue weighted by Crippen LogP contribution is 2.36. The highest BCUT2D eigenvalue weighted by atomic mass is 16.5. The van der Waals surface area contributed by atoms with E-state index in [1.54, 1.807) is 0 Å². The minimum Gasteiger partial charge on any atom is -0.498 e. The Morgan fingerprint density at radius 2 is 2.21 bits per heavy atom. The van der Waals surface area contributed by atoms with E-state index < -0.39 is 7.12 Å². The molecule has 0 aromatic heterocycles. The molecule has 19 heavy (non-hydrogen) atoms. The van der Waals surface area contributed by atoms with E-state index in [2.05, 4.69) is 0 Å². The van der Waals surface area contributed by atoms with Gasteiger partial charge in [-0.3, -0.25) is 0 Å². The molecule has 5 N–H and O–H groups in total. The summed E-state index contributed by atoms with van der Waals surface area (Å²) in [5.74, 6) is 0.361. The lowest BCUT2D eigenvalue weighted by atomic mass is 9.73. The third-order valence-corrected chi connectivity index (χ3v) is 3.46. The molecule has 0 spiro atoms. The van der Waals surface area contributed by atoms with E-state index in [0.29, 0.717) is 24.2 Å². The van der Waals surface area contributed by atoms with Gasteiger partial charge < -0.3 is 30.4 Å². The van der Waals surface area contributed by atoms with Crippen molar-refractivity contribution in [2.45, 2.75) is 18.9 Å². The molecule has 0 radical (unpaired) electrons. The number of aliphatic hydroxyl groups excluding tert-OH is 2. The zero-order valence-electron chi connectivity index (χ0n) is 10.8. The van der Waals surface area contributed by atoms with Crippen LogP contribution in [0.1, 0.15) is 12.8 Å². The summed E-state index contributed by atoms with van der Waals surface area (Å²) in [6, 6.07) is 0. The molecule has 1 aliphatic heterocycles. The quantitative estimate of drug-likeness (QED) is 0.459. The number of nitrogens with two attached hydrogens (primary N) is 1. The standard InChI is InChI=1S/C12H20BNO5/c14-4-11-9-2-1-3-10(12(9)13(17)19-11)18-7-8(5-15)6-16/h2,8,11,15-17H,1,3-7,14H2. The Kier molecular flexibility index (Phi) is 5.01. The molecule has 106 valence electrons. The minimum atomic E-state index is -1.00. The molecule has 1 fully saturated rings. The van der Waals surface area contributed by atoms with Gasteiger partial charge in [0.05, 0.1) is 31.7 Å². The predicted molar refractivity (Wildman–Crippen MR) is 69.9 cm³/mol. The number of ether oxygens (including phenoxy) is 1. The van der Waals surface area contributed by atoms with E-state index in [1.807, 2.05) is 6.08 Å². The number of hydrogen-bond donors (Lipinski definition) is 4. The van der Waals surface area contributed by atoms with Crippen LogP contribution >= 0.6 is 0 Å². The molecule has 1 unspecified atom stereocenters. The predicted octanol–water partition coefficient (Wildman–Crippen LogP) is -1.04. The molecule has 1 saturated heterocycles. The van der Waals surface area contributed by atoms with Gasteiger partial charge in [0.2, 0.25) is 0 Å². The Labute approximate surface area is 112 Å². The molecule has 2 rings (SSSR count). The number of rotatable bonds is 6. The van der Waals surface area contributed by atoms with Gasteiger partial charge in [0.1, 0.15) is 0 Å². The molecule has 2 aliphatic rings. The second-order valence-electron chi connectivity index (χ2n) is 4.79. The first-order valence-corrected chi connectivity index (χ1v) is 6.52. The third-order valence-electron chi connectivity index (χ3n) is 3.46. The largest absolute Gasteiger partial charge is 0.498 e. The van der Waals surface area contributed by atoms with Crippen LogP contribution in [0.4, 0.5) is 0 Å². The molecule has 0 amide bonds. The van der Waals surface area contributed by atoms with Crippen molar-refractivity contribution in [2.75, 3.05) is 26.4 Å². The van der Waals surface area contributed by atoms with Gasteiger partial charge in [0, 0.05) is 24.4 Å². The maximum Gasteiger partial charge on any atom is 0.495 e. The topological polar surface area (TPSA) is 105 Å². The summed E-state index contributed by atoms with van der Waals surface area (Å²) in [6.07, 6.45) is 3.23. The second-order valence-corrected chi connectivity index (χ2v) is 4.79. The lowest BCUT2D eigenvalue weighted by molar-refractivity contribution is 0.0736. The highest BCUT2D eigenvalue weighted by Gasteiger charge is 2.41. The second kappa shape index (κ2) is 6.54. The maximum atomic E-state index is 9.92. The monoisotopic (exact) mass is 269 g/mol. The minimum absolute atomic E-state index is 0.133. The first-order chi connectivity index (χ1) is 9.21. The molecule has 1 heterocycles. The fourth-order valence-corrected chi connectivity index (χ4v) is 2.36. The van der Waals surface area contributed by atoms with Gasteiger partial charge in [-0.15, -0.1) is 0 Å². The molecular formula is C12H20BNO5. The normalized spacial score (nSPS) is 22.9. The van der Waals surface area contributed by atoms with Crippen LogP contribution in [-0.2, 0) is 9.39 Å². The summed E-state index contributed by atoms with van der Waals surface area (Å²) in [5.41, 5.74) is 7.17. The molecule has 6 nitrogen and oxygen atoms in total. The highest BCUT2D eigenvalue weighted by molar-refractivity contribution is 6.55. The number of fused-ring (bicyclic) bond motifs is 1. The Bertz CT molecular complexity index is 380. The van der Waals surface area contributed by atoms with Crippen molar-refractivity contribution in [3.63, 3.8) is 0 Å². The summed E-state index contributed by atoms with van der Waals surface area (Å²) in [7, 11) is -1.00. The van der Waals surface area contributed by atoms with E-state index in [1.165, 1.54) is 0 Å². The molecule has 1 atom stereocenters. The molecule has 0 saturated carbocycles. The van der Waals surface area contributed by atoms with E-state index in [9.17, 15) is 5.02 Å². The Morgan fingerprint density at radius 1 is 1.47 bits per heavy atom. The average molecular weight is 269 g/mol. The van der Waals surface area contributed by atoms with Crippen LogP contribution in [0.2, 0.25) is 0 Å². The average Bonchev–Trinajstić information content (AvgIpc) is 2.77. The lowest BCUT2D eigenvalue weighted by Gasteiger charge is -2.21. The Balaban J connectivity index is 2.11. The first kappa shape index (κ1) is 14.6. The molecule has 0 bridgehead atoms. The van der Waals surface area contributed by atoms with Gasteiger partial charge in [0.15, 0.2) is 0 Å². The third kappa shape index (κ3) is 3.01. The summed E-state index contributed by atoms with van der Waals surface area (Å²) < 4.78 is 11.0. The summed E-state index contributed by atoms with van der Waals surface area (Å²) in [5, 5.41) is 28.0. The van der Waals surface area contributed by atoms with E-state index >= 15 is 0 Å². The molecule has 0 aromatic rings. The molecule has 1 aliphatic carbocycles. The van der Waals surface area contributed by atoms with Crippen molar-refractivity contribution >= 4 is 7.12 Å². The smallest absolute Gasteiger partial charge is 0.495 e. The van der Waals surface area contributed by atoms with Crippen molar-refractivity contribution in [2.24, 2.45) is 11.7 Å². The van der Waals surface area contributed by atoms with E-state index in [-0.39, 0.29) is 31.8 Å². The van der Waals surface area contributed by atoms with Gasteiger partial charge >= 0.3 is 7.12 Å². The van der Waals surface area contributed by atoms with Crippen LogP contribution in [0.3, 0.4) is 0 Å². The molecule has 0 aromatic carbocycles. The summed E-state index contributed by atoms with van der Waals surface area (Å²) in [4.78, 5) is 0. The lowest BCUT2D eigenvalue weighted by Crippen LogP contribution is -2.23. The Morgan fingerprint density at radius 3 is 2.84 bits per heavy atom. The number of aliphatic hydroxyl groups is 2. The van der Waals surface area contributed by atoms with Crippen LogP contribution in [-0.4, -0.2) is 54.8 Å². The molecule has 7 heteroatoms. The van der Waals surface area contributed by atoms with Gasteiger partial charge in [-0.1, -0.05) is 6.08 Å². The fourth-order valence-electron chi connectivity index (χ4n) is 2.36. The van der Waals surface area contributed by atoms with E-state index in [0.717, 1.165) is 12.0 Å². The van der Waals surface area contributed by atoms with Crippen molar-refractivity contribution in [3.8, 4) is 0 Å². The van der Waals surface area contributed by atoms with Crippen LogP contribution in [0.5, 0.6) is 0 Å². The van der Waals surface area contributed by atoms with Gasteiger partial charge in [-0.25, -0.2) is 0 Å². The van der Waals surface area contributed by atoms with Gasteiger partial charge in [-0.05, 0) is 12.0 Å². The molecular weight excluding hydrogens is 249 g/mol. The van der Waals surface area contributed by atoms with Crippen LogP contribution in [0.25, 0.3) is 0 Å². The van der Waals surface area contributed by atoms with Crippen LogP contribution < -0.4 is 5.73 Å². The van der Waals surface area contributed by atoms with E-state index in [4.69, 9.17) is 25.3 Å². The first-order valence-electron chi connectivity index (χ1n) is 6.52. The van der Waals surface area contributed by atoms with Crippen molar-refractivity contribution in [3.05, 3.63) is 22.9 Å². The summed E-state index contributed by atoms with van der Waals surface area (Å²) in [6.45, 7) is 0.271. The number of hydrogen-bond acceptors (Lipinski definition) is 6. The fraction of sp³-hybridized carbons (Fsp3) is 0.667. The SMILES string of the molecule is NCC1OB(O)C2=C(OCC(CO)CO)CCC=C21. The van der Waals surface area contributed by atoms with Crippen LogP contribution in [0.15, 0.2) is 22.9 Å². The summed E-state index contributed by atoms with van der Waals surface area (Å²) >= 11 is 0. The van der Waals surface area contributed by atoms with Crippen molar-refractivity contribution < 1.29 is 24.6 Å².